The van der Waals surface area contributed by atoms with Crippen LogP contribution in [0.2, 0.25) is 10.0 Å². The lowest BCUT2D eigenvalue weighted by Gasteiger charge is -2.17. The summed E-state index contributed by atoms with van der Waals surface area (Å²) >= 11 is 14.4. The fraction of sp³-hybridized carbons (Fsp3) is 0.174. The first-order valence-electron chi connectivity index (χ1n) is 9.64. The van der Waals surface area contributed by atoms with Gasteiger partial charge in [0.15, 0.2) is 5.16 Å². The zero-order chi connectivity index (χ0) is 22.0. The average molecular weight is 472 g/mol. The van der Waals surface area contributed by atoms with E-state index in [-0.39, 0.29) is 6.61 Å². The van der Waals surface area contributed by atoms with Crippen LogP contribution in [0.1, 0.15) is 23.0 Å². The molecule has 0 saturated carbocycles. The molecule has 4 rings (SSSR count). The highest BCUT2D eigenvalue weighted by molar-refractivity contribution is 7.98. The maximum atomic E-state index is 13.2. The van der Waals surface area contributed by atoms with E-state index in [4.69, 9.17) is 32.9 Å². The molecule has 0 radical (unpaired) electrons. The number of carbonyl (C=O) groups is 1. The van der Waals surface area contributed by atoms with Crippen LogP contribution in [-0.4, -0.2) is 27.1 Å². The molecule has 0 atom stereocenters. The molecule has 5 nitrogen and oxygen atoms in total. The molecule has 2 heterocycles. The maximum absolute atomic E-state index is 13.2. The number of thioether (sulfide) groups is 1. The van der Waals surface area contributed by atoms with Crippen molar-refractivity contribution in [1.82, 2.24) is 14.5 Å². The summed E-state index contributed by atoms with van der Waals surface area (Å²) in [4.78, 5) is 22.3. The molecule has 31 heavy (non-hydrogen) atoms. The number of hydrogen-bond acceptors (Lipinski definition) is 5. The van der Waals surface area contributed by atoms with Gasteiger partial charge in [0.2, 0.25) is 0 Å². The molecule has 8 heteroatoms. The van der Waals surface area contributed by atoms with Crippen molar-refractivity contribution in [3.8, 4) is 11.1 Å². The second-order valence-electron chi connectivity index (χ2n) is 6.78. The van der Waals surface area contributed by atoms with Crippen LogP contribution < -0.4 is 0 Å². The molecule has 2 aromatic carbocycles. The van der Waals surface area contributed by atoms with Crippen molar-refractivity contribution in [2.45, 2.75) is 17.8 Å². The Morgan fingerprint density at radius 3 is 2.71 bits per heavy atom. The Morgan fingerprint density at radius 2 is 2.00 bits per heavy atom. The van der Waals surface area contributed by atoms with E-state index in [9.17, 15) is 4.79 Å². The number of carbonyl (C=O) groups excluding carboxylic acids is 1. The summed E-state index contributed by atoms with van der Waals surface area (Å²) in [5, 5.41) is 2.65. The standard InChI is InChI=1S/C23H19Cl2N3O2S/c1-3-30-22(29)21-19(13-31-23-26-10-11-28(23)2)27-18-9-8-14(24)12-16(18)20(21)15-6-4-5-7-17(15)25/h4-12H,3,13H2,1-2H3. The van der Waals surface area contributed by atoms with Gasteiger partial charge in [-0.15, -0.1) is 0 Å². The lowest BCUT2D eigenvalue weighted by Crippen LogP contribution is -2.12. The number of ether oxygens (including phenoxy) is 1. The van der Waals surface area contributed by atoms with Gasteiger partial charge in [0, 0.05) is 51.8 Å². The summed E-state index contributed by atoms with van der Waals surface area (Å²) in [6.45, 7) is 2.03. The van der Waals surface area contributed by atoms with Gasteiger partial charge in [-0.25, -0.2) is 9.78 Å². The molecule has 0 amide bonds. The quantitative estimate of drug-likeness (QED) is 0.240. The third-order valence-electron chi connectivity index (χ3n) is 4.76. The molecule has 0 N–H and O–H groups in total. The van der Waals surface area contributed by atoms with Crippen LogP contribution in [0.5, 0.6) is 0 Å². The topological polar surface area (TPSA) is 57.0 Å². The molecule has 0 saturated heterocycles. The van der Waals surface area contributed by atoms with Gasteiger partial charge in [-0.2, -0.15) is 0 Å². The molecule has 0 fully saturated rings. The Kier molecular flexibility index (Phi) is 6.51. The number of hydrogen-bond donors (Lipinski definition) is 0. The number of imidazole rings is 1. The van der Waals surface area contributed by atoms with Crippen molar-refractivity contribution in [1.29, 1.82) is 0 Å². The highest BCUT2D eigenvalue weighted by atomic mass is 35.5. The number of pyridine rings is 1. The van der Waals surface area contributed by atoms with Gasteiger partial charge >= 0.3 is 5.97 Å². The van der Waals surface area contributed by atoms with Gasteiger partial charge in [0.1, 0.15) is 0 Å². The number of halogens is 2. The maximum Gasteiger partial charge on any atom is 0.340 e. The minimum atomic E-state index is -0.442. The van der Waals surface area contributed by atoms with Crippen LogP contribution in [0.4, 0.5) is 0 Å². The minimum Gasteiger partial charge on any atom is -0.462 e. The summed E-state index contributed by atoms with van der Waals surface area (Å²) in [7, 11) is 1.92. The minimum absolute atomic E-state index is 0.250. The normalized spacial score (nSPS) is 11.1. The molecule has 2 aromatic heterocycles. The number of aryl methyl sites for hydroxylation is 1. The van der Waals surface area contributed by atoms with E-state index in [1.165, 1.54) is 11.8 Å². The zero-order valence-corrected chi connectivity index (χ0v) is 19.3. The Morgan fingerprint density at radius 1 is 1.19 bits per heavy atom. The van der Waals surface area contributed by atoms with Crippen molar-refractivity contribution >= 4 is 51.8 Å². The lowest BCUT2D eigenvalue weighted by molar-refractivity contribution is 0.0526. The van der Waals surface area contributed by atoms with Gasteiger partial charge < -0.3 is 9.30 Å². The van der Waals surface area contributed by atoms with E-state index < -0.39 is 5.97 Å². The Bertz CT molecular complexity index is 1270. The van der Waals surface area contributed by atoms with Crippen molar-refractivity contribution in [2.24, 2.45) is 7.05 Å². The first-order valence-corrected chi connectivity index (χ1v) is 11.4. The summed E-state index contributed by atoms with van der Waals surface area (Å²) in [6, 6.07) is 12.9. The van der Waals surface area contributed by atoms with Gasteiger partial charge in [0.05, 0.1) is 23.4 Å². The van der Waals surface area contributed by atoms with E-state index >= 15 is 0 Å². The van der Waals surface area contributed by atoms with E-state index in [0.29, 0.717) is 32.6 Å². The van der Waals surface area contributed by atoms with Crippen LogP contribution in [0.3, 0.4) is 0 Å². The number of esters is 1. The Labute approximate surface area is 194 Å². The largest absolute Gasteiger partial charge is 0.462 e. The fourth-order valence-corrected chi connectivity index (χ4v) is 4.66. The highest BCUT2D eigenvalue weighted by Gasteiger charge is 2.25. The molecule has 0 unspecified atom stereocenters. The first-order chi connectivity index (χ1) is 15.0. The second-order valence-corrected chi connectivity index (χ2v) is 8.57. The molecule has 4 aromatic rings. The third kappa shape index (κ3) is 4.42. The zero-order valence-electron chi connectivity index (χ0n) is 16.9. The van der Waals surface area contributed by atoms with Crippen LogP contribution in [0.15, 0.2) is 60.0 Å². The van der Waals surface area contributed by atoms with Crippen molar-refractivity contribution in [3.05, 3.63) is 76.2 Å². The molecular weight excluding hydrogens is 453 g/mol. The highest BCUT2D eigenvalue weighted by Crippen LogP contribution is 2.39. The summed E-state index contributed by atoms with van der Waals surface area (Å²) < 4.78 is 7.35. The number of nitrogens with zero attached hydrogens (tertiary/aromatic N) is 3. The summed E-state index contributed by atoms with van der Waals surface area (Å²) in [6.07, 6.45) is 3.61. The second kappa shape index (κ2) is 9.30. The van der Waals surface area contributed by atoms with E-state index in [1.807, 2.05) is 42.1 Å². The number of fused-ring (bicyclic) bond motifs is 1. The molecule has 0 spiro atoms. The molecule has 0 aliphatic rings. The summed E-state index contributed by atoms with van der Waals surface area (Å²) in [5.41, 5.74) is 3.13. The van der Waals surface area contributed by atoms with Crippen LogP contribution in [-0.2, 0) is 17.5 Å². The number of aromatic nitrogens is 3. The van der Waals surface area contributed by atoms with Crippen molar-refractivity contribution in [3.63, 3.8) is 0 Å². The number of rotatable bonds is 6. The molecule has 158 valence electrons. The lowest BCUT2D eigenvalue weighted by atomic mass is 9.94. The van der Waals surface area contributed by atoms with Crippen LogP contribution in [0.25, 0.3) is 22.0 Å². The van der Waals surface area contributed by atoms with E-state index in [1.54, 1.807) is 31.3 Å². The predicted molar refractivity (Wildman–Crippen MR) is 126 cm³/mol. The van der Waals surface area contributed by atoms with Crippen LogP contribution in [0, 0.1) is 0 Å². The molecule has 0 aliphatic heterocycles. The SMILES string of the molecule is CCOC(=O)c1c(CSc2nccn2C)nc2ccc(Cl)cc2c1-c1ccccc1Cl. The fourth-order valence-electron chi connectivity index (χ4n) is 3.38. The molecule has 0 aliphatic carbocycles. The van der Waals surface area contributed by atoms with Gasteiger partial charge in [-0.3, -0.25) is 4.98 Å². The number of benzene rings is 2. The van der Waals surface area contributed by atoms with Gasteiger partial charge in [0.25, 0.3) is 0 Å². The van der Waals surface area contributed by atoms with Crippen molar-refractivity contribution in [2.75, 3.05) is 6.61 Å². The monoisotopic (exact) mass is 471 g/mol. The Hall–Kier alpha value is -2.54. The van der Waals surface area contributed by atoms with E-state index in [0.717, 1.165) is 21.6 Å². The predicted octanol–water partition coefficient (Wildman–Crippen LogP) is 6.41. The Balaban J connectivity index is 1.99. The summed E-state index contributed by atoms with van der Waals surface area (Å²) in [5.74, 6) is -0.00287. The van der Waals surface area contributed by atoms with Gasteiger partial charge in [-0.1, -0.05) is 53.2 Å². The van der Waals surface area contributed by atoms with Crippen LogP contribution >= 0.6 is 35.0 Å². The molecular formula is C23H19Cl2N3O2S. The smallest absolute Gasteiger partial charge is 0.340 e. The van der Waals surface area contributed by atoms with Gasteiger partial charge in [-0.05, 0) is 31.2 Å². The first kappa shape index (κ1) is 21.7. The third-order valence-corrected chi connectivity index (χ3v) is 6.39. The van der Waals surface area contributed by atoms with E-state index in [2.05, 4.69) is 4.98 Å². The molecule has 0 bridgehead atoms. The van der Waals surface area contributed by atoms with Crippen molar-refractivity contribution < 1.29 is 9.53 Å². The average Bonchev–Trinajstić information content (AvgIpc) is 3.16.